The van der Waals surface area contributed by atoms with E-state index in [4.69, 9.17) is 23.3 Å². The Hall–Kier alpha value is -1.69. The van der Waals surface area contributed by atoms with Crippen molar-refractivity contribution in [3.63, 3.8) is 0 Å². The third kappa shape index (κ3) is 9.72. The molecule has 2 heterocycles. The van der Waals surface area contributed by atoms with E-state index in [0.717, 1.165) is 6.92 Å². The van der Waals surface area contributed by atoms with Crippen molar-refractivity contribution < 1.29 is 95.7 Å². The van der Waals surface area contributed by atoms with E-state index >= 15 is 0 Å². The highest BCUT2D eigenvalue weighted by Crippen LogP contribution is 2.32. The van der Waals surface area contributed by atoms with Crippen molar-refractivity contribution in [1.82, 2.24) is 5.32 Å². The molecule has 1 unspecified atom stereocenters. The van der Waals surface area contributed by atoms with Crippen molar-refractivity contribution in [3.05, 3.63) is 0 Å². The molecule has 0 spiro atoms. The summed E-state index contributed by atoms with van der Waals surface area (Å²) in [6, 6.07) is -1.99. The number of carboxylic acids is 1. The first-order valence-corrected chi connectivity index (χ1v) is 14.1. The van der Waals surface area contributed by atoms with E-state index in [9.17, 15) is 59.8 Å². The molecule has 0 aromatic carbocycles. The van der Waals surface area contributed by atoms with Crippen LogP contribution in [-0.2, 0) is 67.5 Å². The van der Waals surface area contributed by atoms with Crippen molar-refractivity contribution in [2.75, 3.05) is 6.61 Å². The Labute approximate surface area is 219 Å². The number of hydrogen-bond acceptors (Lipinski definition) is 17. The number of aliphatic hydroxyl groups excluding tert-OH is 3. The third-order valence-corrected chi connectivity index (χ3v) is 6.33. The van der Waals surface area contributed by atoms with Crippen LogP contribution in [0.1, 0.15) is 6.92 Å². The van der Waals surface area contributed by atoms with E-state index in [0.29, 0.717) is 0 Å². The van der Waals surface area contributed by atoms with Gasteiger partial charge in [-0.05, 0) is 0 Å². The van der Waals surface area contributed by atoms with Gasteiger partial charge < -0.3 is 40.0 Å². The molecule has 1 amide bonds. The van der Waals surface area contributed by atoms with Gasteiger partial charge in [0.2, 0.25) is 5.91 Å². The monoisotopic (exact) mass is 637 g/mol. The minimum Gasteiger partial charge on any atom is -0.479 e. The summed E-state index contributed by atoms with van der Waals surface area (Å²) in [5, 5.41) is 41.9. The summed E-state index contributed by atoms with van der Waals surface area (Å²) < 4.78 is 123. The summed E-state index contributed by atoms with van der Waals surface area (Å²) in [6.45, 7) is -0.504. The van der Waals surface area contributed by atoms with Gasteiger partial charge in [0.05, 0.1) is 6.61 Å². The van der Waals surface area contributed by atoms with Crippen LogP contribution in [0, 0.1) is 0 Å². The standard InChI is InChI=1S/C14H23NO21S3/c1-3(16)15-5-9(8(35-38(25,26)27)4(32-13(5)21)2-31-37(22,23)24)33-14-11(36-39(28,29)30)7(18)6(17)10(34-14)12(19)20/h4-11,13-14,17-18,21H,2H2,1H3,(H,15,16)(H,19,20)(H,22,23,24)(H,25,26,27)(H,28,29,30)/t4-,5-,6+,7+,8+,9-,10-,11-,13?,14-/m1/s1. The van der Waals surface area contributed by atoms with Crippen LogP contribution >= 0.6 is 0 Å². The molecule has 10 atom stereocenters. The van der Waals surface area contributed by atoms with E-state index in [1.54, 1.807) is 0 Å². The molecule has 22 nitrogen and oxygen atoms in total. The number of ether oxygens (including phenoxy) is 3. The highest BCUT2D eigenvalue weighted by Gasteiger charge is 2.55. The van der Waals surface area contributed by atoms with E-state index in [1.807, 2.05) is 5.32 Å². The van der Waals surface area contributed by atoms with Crippen molar-refractivity contribution in [1.29, 1.82) is 0 Å². The molecular weight excluding hydrogens is 614 g/mol. The van der Waals surface area contributed by atoms with Gasteiger partial charge in [0, 0.05) is 6.92 Å². The average molecular weight is 638 g/mol. The fraction of sp³-hybridized carbons (Fsp3) is 0.857. The molecule has 0 aliphatic carbocycles. The SMILES string of the molecule is CC(=O)N[C@H]1C(O)O[C@H](COS(=O)(=O)O)[C@H](OS(=O)(=O)O)[C@@H]1O[C@@H]1O[C@@H](C(=O)O)[C@@H](O)[C@H](O)[C@H]1OS(=O)(=O)O. The van der Waals surface area contributed by atoms with Crippen LogP contribution in [-0.4, -0.2) is 139 Å². The third-order valence-electron chi connectivity index (χ3n) is 4.96. The van der Waals surface area contributed by atoms with Crippen LogP contribution in [0.2, 0.25) is 0 Å². The van der Waals surface area contributed by atoms with Gasteiger partial charge in [-0.25, -0.2) is 17.3 Å². The van der Waals surface area contributed by atoms with E-state index < -0.39 is 111 Å². The van der Waals surface area contributed by atoms with Crippen molar-refractivity contribution >= 4 is 43.1 Å². The van der Waals surface area contributed by atoms with Gasteiger partial charge >= 0.3 is 37.2 Å². The van der Waals surface area contributed by atoms with Crippen molar-refractivity contribution in [3.8, 4) is 0 Å². The molecule has 0 radical (unpaired) electrons. The molecule has 228 valence electrons. The number of aliphatic carboxylic acids is 1. The Morgan fingerprint density at radius 1 is 0.821 bits per heavy atom. The van der Waals surface area contributed by atoms with Crippen LogP contribution in [0.25, 0.3) is 0 Å². The van der Waals surface area contributed by atoms with Gasteiger partial charge in [0.15, 0.2) is 24.8 Å². The van der Waals surface area contributed by atoms with Crippen LogP contribution in [0.15, 0.2) is 0 Å². The Morgan fingerprint density at radius 3 is 1.82 bits per heavy atom. The van der Waals surface area contributed by atoms with Gasteiger partial charge in [-0.2, -0.15) is 25.3 Å². The van der Waals surface area contributed by atoms with Crippen molar-refractivity contribution in [2.24, 2.45) is 0 Å². The zero-order valence-electron chi connectivity index (χ0n) is 19.1. The van der Waals surface area contributed by atoms with E-state index in [-0.39, 0.29) is 0 Å². The molecule has 0 aromatic heterocycles. The van der Waals surface area contributed by atoms with Gasteiger partial charge in [-0.3, -0.25) is 18.5 Å². The second-order valence-corrected chi connectivity index (χ2v) is 11.0. The summed E-state index contributed by atoms with van der Waals surface area (Å²) in [4.78, 5) is 23.2. The largest absolute Gasteiger partial charge is 0.479 e. The molecule has 8 N–H and O–H groups in total. The quantitative estimate of drug-likeness (QED) is 0.0978. The molecule has 0 aromatic rings. The number of rotatable bonds is 11. The molecule has 25 heteroatoms. The Morgan fingerprint density at radius 2 is 1.36 bits per heavy atom. The molecule has 2 aliphatic heterocycles. The van der Waals surface area contributed by atoms with Crippen LogP contribution in [0.5, 0.6) is 0 Å². The first-order chi connectivity index (χ1) is 17.6. The van der Waals surface area contributed by atoms with Gasteiger partial charge in [-0.15, -0.1) is 0 Å². The Bertz CT molecular complexity index is 1220. The maximum absolute atomic E-state index is 11.7. The number of carbonyl (C=O) groups is 2. The zero-order valence-corrected chi connectivity index (χ0v) is 21.5. The number of hydrogen-bond donors (Lipinski definition) is 8. The lowest BCUT2D eigenvalue weighted by Crippen LogP contribution is -2.68. The highest BCUT2D eigenvalue weighted by atomic mass is 32.3. The van der Waals surface area contributed by atoms with Crippen LogP contribution < -0.4 is 5.32 Å². The zero-order chi connectivity index (χ0) is 30.1. The maximum atomic E-state index is 11.7. The van der Waals surface area contributed by atoms with Crippen LogP contribution in [0.4, 0.5) is 0 Å². The molecule has 0 saturated carbocycles. The second kappa shape index (κ2) is 12.4. The van der Waals surface area contributed by atoms with Gasteiger partial charge in [-0.1, -0.05) is 0 Å². The van der Waals surface area contributed by atoms with Crippen molar-refractivity contribution in [2.45, 2.75) is 68.3 Å². The van der Waals surface area contributed by atoms with Gasteiger partial charge in [0.25, 0.3) is 0 Å². The Kier molecular flexibility index (Phi) is 10.7. The lowest BCUT2D eigenvalue weighted by Gasteiger charge is -2.47. The number of nitrogens with one attached hydrogen (secondary N) is 1. The first-order valence-electron chi connectivity index (χ1n) is 10.0. The number of aliphatic hydroxyl groups is 3. The highest BCUT2D eigenvalue weighted by molar-refractivity contribution is 7.81. The van der Waals surface area contributed by atoms with Crippen LogP contribution in [0.3, 0.4) is 0 Å². The summed E-state index contributed by atoms with van der Waals surface area (Å²) in [6.07, 6.45) is -21.5. The Balaban J connectivity index is 2.61. The average Bonchev–Trinajstić information content (AvgIpc) is 2.73. The lowest BCUT2D eigenvalue weighted by molar-refractivity contribution is -0.330. The number of carbonyl (C=O) groups excluding carboxylic acids is 1. The molecule has 39 heavy (non-hydrogen) atoms. The van der Waals surface area contributed by atoms with E-state index in [1.165, 1.54) is 0 Å². The minimum absolute atomic E-state index is 0.859. The normalized spacial score (nSPS) is 36.3. The lowest BCUT2D eigenvalue weighted by atomic mass is 9.95. The molecular formula is C14H23NO21S3. The molecule has 2 fully saturated rings. The topological polar surface area (TPSA) is 346 Å². The smallest absolute Gasteiger partial charge is 0.397 e. The predicted molar refractivity (Wildman–Crippen MR) is 112 cm³/mol. The molecule has 0 bridgehead atoms. The number of carboxylic acid groups (broad SMARTS) is 1. The first kappa shape index (κ1) is 33.5. The van der Waals surface area contributed by atoms with E-state index in [2.05, 4.69) is 12.5 Å². The summed E-state index contributed by atoms with van der Waals surface area (Å²) in [5.41, 5.74) is 0. The number of amides is 1. The fourth-order valence-corrected chi connectivity index (χ4v) is 4.87. The predicted octanol–water partition coefficient (Wildman–Crippen LogP) is -5.68. The second-order valence-electron chi connectivity index (χ2n) is 7.83. The summed E-state index contributed by atoms with van der Waals surface area (Å²) >= 11 is 0. The minimum atomic E-state index is -5.55. The van der Waals surface area contributed by atoms with Gasteiger partial charge in [0.1, 0.15) is 36.6 Å². The maximum Gasteiger partial charge on any atom is 0.397 e. The molecule has 2 aliphatic rings. The summed E-state index contributed by atoms with van der Waals surface area (Å²) in [7, 11) is -16.3. The fourth-order valence-electron chi connectivity index (χ4n) is 3.56. The molecule has 2 saturated heterocycles. The summed E-state index contributed by atoms with van der Waals surface area (Å²) in [5.74, 6) is -2.94. The molecule has 2 rings (SSSR count).